The zero-order chi connectivity index (χ0) is 17.3. The van der Waals surface area contributed by atoms with Gasteiger partial charge in [0.05, 0.1) is 16.6 Å². The van der Waals surface area contributed by atoms with E-state index in [1.54, 1.807) is 6.33 Å². The highest BCUT2D eigenvalue weighted by atomic mass is 15.0. The van der Waals surface area contributed by atoms with Crippen molar-refractivity contribution in [3.05, 3.63) is 49.1 Å². The Bertz CT molecular complexity index is 1060. The molecule has 1 fully saturated rings. The molecule has 130 valence electrons. The number of hydrogen-bond donors (Lipinski definition) is 2. The smallest absolute Gasteiger partial charge is 0.137 e. The second kappa shape index (κ2) is 6.41. The molecule has 4 aromatic rings. The Balaban J connectivity index is 1.55. The van der Waals surface area contributed by atoms with Crippen molar-refractivity contribution in [1.29, 1.82) is 0 Å². The number of rotatable bonds is 3. The third kappa shape index (κ3) is 2.79. The molecule has 0 spiro atoms. The Morgan fingerprint density at radius 1 is 0.885 bits per heavy atom. The minimum atomic E-state index is 0.516. The fourth-order valence-corrected chi connectivity index (χ4v) is 3.88. The summed E-state index contributed by atoms with van der Waals surface area (Å²) in [5.41, 5.74) is 5.22. The number of H-pyrrole nitrogens is 1. The number of aromatic nitrogens is 4. The standard InChI is InChI=1S/C21H21N5/c1-2-4-16(5-3-1)26-21-17-10-14(6-7-18(17)24-13-25-21)15-11-20-19(23-12-15)8-9-22-20/h6-13,16,22H,1-5H2,(H,24,25,26). The molecular weight excluding hydrogens is 322 g/mol. The third-order valence-corrected chi connectivity index (χ3v) is 5.31. The lowest BCUT2D eigenvalue weighted by atomic mass is 9.95. The van der Waals surface area contributed by atoms with Crippen LogP contribution in [0.1, 0.15) is 32.1 Å². The quantitative estimate of drug-likeness (QED) is 0.554. The van der Waals surface area contributed by atoms with E-state index in [2.05, 4.69) is 49.5 Å². The summed E-state index contributed by atoms with van der Waals surface area (Å²) in [4.78, 5) is 16.7. The predicted octanol–water partition coefficient (Wildman–Crippen LogP) is 4.92. The number of benzene rings is 1. The van der Waals surface area contributed by atoms with Gasteiger partial charge in [0.15, 0.2) is 0 Å². The molecule has 0 amide bonds. The highest BCUT2D eigenvalue weighted by Gasteiger charge is 2.15. The van der Waals surface area contributed by atoms with Crippen molar-refractivity contribution in [3.8, 4) is 11.1 Å². The molecule has 0 aliphatic heterocycles. The first-order valence-corrected chi connectivity index (χ1v) is 9.32. The largest absolute Gasteiger partial charge is 0.367 e. The molecule has 0 atom stereocenters. The van der Waals surface area contributed by atoms with Gasteiger partial charge in [0.1, 0.15) is 12.1 Å². The summed E-state index contributed by atoms with van der Waals surface area (Å²) in [6, 6.07) is 11.0. The van der Waals surface area contributed by atoms with Gasteiger partial charge in [-0.15, -0.1) is 0 Å². The fraction of sp³-hybridized carbons (Fsp3) is 0.286. The molecule has 3 aromatic heterocycles. The van der Waals surface area contributed by atoms with Crippen LogP contribution in [0.15, 0.2) is 49.1 Å². The SMILES string of the molecule is c1nc(NC2CCCCC2)c2cc(-c3cnc4cc[nH]c4c3)ccc2n1. The van der Waals surface area contributed by atoms with Crippen molar-refractivity contribution in [2.45, 2.75) is 38.1 Å². The topological polar surface area (TPSA) is 66.5 Å². The van der Waals surface area contributed by atoms with Gasteiger partial charge >= 0.3 is 0 Å². The van der Waals surface area contributed by atoms with Crippen LogP contribution in [0, 0.1) is 0 Å². The van der Waals surface area contributed by atoms with Gasteiger partial charge in [-0.25, -0.2) is 9.97 Å². The lowest BCUT2D eigenvalue weighted by Crippen LogP contribution is -2.23. The number of aromatic amines is 1. The molecule has 0 bridgehead atoms. The molecule has 0 unspecified atom stereocenters. The van der Waals surface area contributed by atoms with Crippen LogP contribution in [0.5, 0.6) is 0 Å². The minimum Gasteiger partial charge on any atom is -0.367 e. The van der Waals surface area contributed by atoms with Crippen LogP contribution in [-0.2, 0) is 0 Å². The van der Waals surface area contributed by atoms with E-state index in [0.717, 1.165) is 38.9 Å². The van der Waals surface area contributed by atoms with Crippen molar-refractivity contribution in [3.63, 3.8) is 0 Å². The molecule has 0 radical (unpaired) electrons. The van der Waals surface area contributed by atoms with E-state index in [9.17, 15) is 0 Å². The van der Waals surface area contributed by atoms with E-state index in [1.165, 1.54) is 32.1 Å². The summed E-state index contributed by atoms with van der Waals surface area (Å²) >= 11 is 0. The highest BCUT2D eigenvalue weighted by molar-refractivity contribution is 5.93. The Labute approximate surface area is 151 Å². The van der Waals surface area contributed by atoms with Gasteiger partial charge in [0.2, 0.25) is 0 Å². The van der Waals surface area contributed by atoms with E-state index >= 15 is 0 Å². The highest BCUT2D eigenvalue weighted by Crippen LogP contribution is 2.29. The second-order valence-corrected chi connectivity index (χ2v) is 7.07. The molecule has 1 aliphatic carbocycles. The maximum atomic E-state index is 4.54. The number of nitrogens with zero attached hydrogens (tertiary/aromatic N) is 3. The first-order valence-electron chi connectivity index (χ1n) is 9.32. The molecule has 0 saturated heterocycles. The van der Waals surface area contributed by atoms with Crippen LogP contribution in [0.2, 0.25) is 0 Å². The van der Waals surface area contributed by atoms with E-state index in [0.29, 0.717) is 6.04 Å². The average molecular weight is 343 g/mol. The monoisotopic (exact) mass is 343 g/mol. The van der Waals surface area contributed by atoms with Gasteiger partial charge in [-0.3, -0.25) is 4.98 Å². The number of pyridine rings is 1. The Hall–Kier alpha value is -2.95. The molecule has 1 aliphatic rings. The van der Waals surface area contributed by atoms with Gasteiger partial charge in [-0.1, -0.05) is 25.3 Å². The number of fused-ring (bicyclic) bond motifs is 2. The van der Waals surface area contributed by atoms with Crippen LogP contribution >= 0.6 is 0 Å². The number of anilines is 1. The minimum absolute atomic E-state index is 0.516. The molecule has 1 saturated carbocycles. The number of nitrogens with one attached hydrogen (secondary N) is 2. The van der Waals surface area contributed by atoms with E-state index in [1.807, 2.05) is 18.5 Å². The lowest BCUT2D eigenvalue weighted by Gasteiger charge is -2.23. The van der Waals surface area contributed by atoms with Crippen LogP contribution in [0.25, 0.3) is 33.1 Å². The van der Waals surface area contributed by atoms with Crippen LogP contribution in [0.3, 0.4) is 0 Å². The fourth-order valence-electron chi connectivity index (χ4n) is 3.88. The summed E-state index contributed by atoms with van der Waals surface area (Å²) in [6.07, 6.45) is 11.9. The van der Waals surface area contributed by atoms with Gasteiger partial charge in [0, 0.05) is 29.4 Å². The molecule has 5 rings (SSSR count). The van der Waals surface area contributed by atoms with Crippen LogP contribution < -0.4 is 5.32 Å². The Morgan fingerprint density at radius 3 is 2.73 bits per heavy atom. The summed E-state index contributed by atoms with van der Waals surface area (Å²) in [7, 11) is 0. The zero-order valence-corrected chi connectivity index (χ0v) is 14.6. The first-order chi connectivity index (χ1) is 12.9. The van der Waals surface area contributed by atoms with E-state index in [4.69, 9.17) is 0 Å². The van der Waals surface area contributed by atoms with Crippen molar-refractivity contribution < 1.29 is 0 Å². The average Bonchev–Trinajstić information content (AvgIpc) is 3.16. The van der Waals surface area contributed by atoms with Gasteiger partial charge in [-0.05, 0) is 42.7 Å². The van der Waals surface area contributed by atoms with Crippen LogP contribution in [0.4, 0.5) is 5.82 Å². The molecule has 5 nitrogen and oxygen atoms in total. The van der Waals surface area contributed by atoms with E-state index < -0.39 is 0 Å². The summed E-state index contributed by atoms with van der Waals surface area (Å²) < 4.78 is 0. The predicted molar refractivity (Wildman–Crippen MR) is 105 cm³/mol. The molecule has 5 heteroatoms. The Morgan fingerprint density at radius 2 is 1.81 bits per heavy atom. The molecule has 3 heterocycles. The van der Waals surface area contributed by atoms with Crippen molar-refractivity contribution in [2.75, 3.05) is 5.32 Å². The summed E-state index contributed by atoms with van der Waals surface area (Å²) in [6.45, 7) is 0. The molecule has 26 heavy (non-hydrogen) atoms. The van der Waals surface area contributed by atoms with Gasteiger partial charge in [0.25, 0.3) is 0 Å². The van der Waals surface area contributed by atoms with Crippen molar-refractivity contribution in [2.24, 2.45) is 0 Å². The van der Waals surface area contributed by atoms with Gasteiger partial charge < -0.3 is 10.3 Å². The number of hydrogen-bond acceptors (Lipinski definition) is 4. The second-order valence-electron chi connectivity index (χ2n) is 7.07. The normalized spacial score (nSPS) is 15.5. The molecule has 2 N–H and O–H groups in total. The maximum Gasteiger partial charge on any atom is 0.137 e. The van der Waals surface area contributed by atoms with Crippen LogP contribution in [-0.4, -0.2) is 26.0 Å². The summed E-state index contributed by atoms with van der Waals surface area (Å²) in [5, 5.41) is 4.73. The summed E-state index contributed by atoms with van der Waals surface area (Å²) in [5.74, 6) is 0.942. The zero-order valence-electron chi connectivity index (χ0n) is 14.6. The molecule has 1 aromatic carbocycles. The lowest BCUT2D eigenvalue weighted by molar-refractivity contribution is 0.462. The van der Waals surface area contributed by atoms with E-state index in [-0.39, 0.29) is 0 Å². The van der Waals surface area contributed by atoms with Crippen molar-refractivity contribution >= 4 is 27.8 Å². The maximum absolute atomic E-state index is 4.54. The first kappa shape index (κ1) is 15.3. The molecular formula is C21H21N5. The van der Waals surface area contributed by atoms with Crippen molar-refractivity contribution in [1.82, 2.24) is 19.9 Å². The Kier molecular flexibility index (Phi) is 3.77. The third-order valence-electron chi connectivity index (χ3n) is 5.31. The van der Waals surface area contributed by atoms with Gasteiger partial charge in [-0.2, -0.15) is 0 Å².